The predicted octanol–water partition coefficient (Wildman–Crippen LogP) is -0.820. The van der Waals surface area contributed by atoms with Crippen molar-refractivity contribution in [2.75, 3.05) is 60.4 Å². The summed E-state index contributed by atoms with van der Waals surface area (Å²) in [6.45, 7) is 2.65. The van der Waals surface area contributed by atoms with Gasteiger partial charge in [-0.2, -0.15) is 0 Å². The van der Waals surface area contributed by atoms with E-state index in [2.05, 4.69) is 5.32 Å². The van der Waals surface area contributed by atoms with E-state index in [1.54, 1.807) is 7.05 Å². The number of hydrogen-bond donors (Lipinski definition) is 2. The highest BCUT2D eigenvalue weighted by molar-refractivity contribution is 5.75. The zero-order valence-electron chi connectivity index (χ0n) is 11.7. The number of aliphatic hydroxyl groups excluding tert-OH is 1. The molecule has 0 aromatic heterocycles. The molecule has 0 aliphatic rings. The Kier molecular flexibility index (Phi) is 13.2. The molecule has 0 saturated carbocycles. The van der Waals surface area contributed by atoms with Gasteiger partial charge in [-0.1, -0.05) is 0 Å². The van der Waals surface area contributed by atoms with Crippen LogP contribution in [0.1, 0.15) is 6.42 Å². The Bertz CT molecular complexity index is 214. The fourth-order valence-corrected chi connectivity index (χ4v) is 1.19. The first-order valence-electron chi connectivity index (χ1n) is 6.31. The molecule has 1 unspecified atom stereocenters. The van der Waals surface area contributed by atoms with Gasteiger partial charge >= 0.3 is 0 Å². The van der Waals surface area contributed by atoms with Gasteiger partial charge in [0.15, 0.2) is 0 Å². The second-order valence-corrected chi connectivity index (χ2v) is 3.83. The second kappa shape index (κ2) is 13.7. The van der Waals surface area contributed by atoms with Crippen molar-refractivity contribution in [1.82, 2.24) is 5.32 Å². The molecular formula is C12H25NO6. The van der Waals surface area contributed by atoms with Gasteiger partial charge in [0, 0.05) is 20.6 Å². The van der Waals surface area contributed by atoms with E-state index in [4.69, 9.17) is 18.9 Å². The zero-order valence-corrected chi connectivity index (χ0v) is 11.7. The lowest BCUT2D eigenvalue weighted by Gasteiger charge is -2.10. The Hall–Kier alpha value is -0.730. The summed E-state index contributed by atoms with van der Waals surface area (Å²) in [5.41, 5.74) is 0. The minimum absolute atomic E-state index is 0.0380. The number of aliphatic hydroxyl groups is 1. The van der Waals surface area contributed by atoms with Gasteiger partial charge in [-0.25, -0.2) is 0 Å². The van der Waals surface area contributed by atoms with Crippen LogP contribution in [0.3, 0.4) is 0 Å². The molecule has 0 aliphatic heterocycles. The van der Waals surface area contributed by atoms with E-state index in [0.29, 0.717) is 39.5 Å². The van der Waals surface area contributed by atoms with Crippen LogP contribution in [-0.2, 0) is 23.7 Å². The molecule has 19 heavy (non-hydrogen) atoms. The molecule has 0 saturated heterocycles. The number of rotatable bonds is 13. The third-order valence-electron chi connectivity index (χ3n) is 2.17. The van der Waals surface area contributed by atoms with Gasteiger partial charge in [0.05, 0.1) is 46.2 Å². The molecule has 0 aromatic rings. The summed E-state index contributed by atoms with van der Waals surface area (Å²) in [7, 11) is 3.12. The van der Waals surface area contributed by atoms with Crippen molar-refractivity contribution in [3.05, 3.63) is 0 Å². The number of methoxy groups -OCH3 is 1. The predicted molar refractivity (Wildman–Crippen MR) is 69.0 cm³/mol. The average molecular weight is 279 g/mol. The Morgan fingerprint density at radius 2 is 1.63 bits per heavy atom. The summed E-state index contributed by atoms with van der Waals surface area (Å²) in [5.74, 6) is -0.0380. The van der Waals surface area contributed by atoms with E-state index < -0.39 is 6.10 Å². The fourth-order valence-electron chi connectivity index (χ4n) is 1.19. The molecule has 114 valence electrons. The number of carbonyl (C=O) groups is 1. The Balaban J connectivity index is 3.09. The monoisotopic (exact) mass is 279 g/mol. The van der Waals surface area contributed by atoms with Crippen LogP contribution in [0.15, 0.2) is 0 Å². The van der Waals surface area contributed by atoms with Gasteiger partial charge in [0.2, 0.25) is 5.91 Å². The lowest BCUT2D eigenvalue weighted by atomic mass is 10.4. The summed E-state index contributed by atoms with van der Waals surface area (Å²) < 4.78 is 20.4. The normalized spacial score (nSPS) is 12.4. The minimum atomic E-state index is -0.599. The summed E-state index contributed by atoms with van der Waals surface area (Å²) in [5, 5.41) is 11.8. The topological polar surface area (TPSA) is 86.3 Å². The third-order valence-corrected chi connectivity index (χ3v) is 2.17. The van der Waals surface area contributed by atoms with Crippen LogP contribution in [0.5, 0.6) is 0 Å². The number of nitrogens with one attached hydrogen (secondary N) is 1. The van der Waals surface area contributed by atoms with Crippen LogP contribution < -0.4 is 5.32 Å². The summed E-state index contributed by atoms with van der Waals surface area (Å²) >= 11 is 0. The Labute approximate surface area is 114 Å². The summed E-state index contributed by atoms with van der Waals surface area (Å²) in [6, 6.07) is 0. The molecule has 0 aromatic carbocycles. The molecule has 7 nitrogen and oxygen atoms in total. The largest absolute Gasteiger partial charge is 0.388 e. The first-order valence-corrected chi connectivity index (χ1v) is 6.31. The van der Waals surface area contributed by atoms with Gasteiger partial charge in [0.25, 0.3) is 0 Å². The Morgan fingerprint density at radius 1 is 1.05 bits per heavy atom. The molecular weight excluding hydrogens is 254 g/mol. The van der Waals surface area contributed by atoms with Crippen LogP contribution in [0.4, 0.5) is 0 Å². The Morgan fingerprint density at radius 3 is 2.21 bits per heavy atom. The number of ether oxygens (including phenoxy) is 4. The third kappa shape index (κ3) is 13.5. The lowest BCUT2D eigenvalue weighted by Crippen LogP contribution is -2.22. The van der Waals surface area contributed by atoms with E-state index in [1.165, 1.54) is 7.11 Å². The number of amides is 1. The highest BCUT2D eigenvalue weighted by Gasteiger charge is 2.02. The van der Waals surface area contributed by atoms with Crippen molar-refractivity contribution in [1.29, 1.82) is 0 Å². The van der Waals surface area contributed by atoms with Crippen molar-refractivity contribution >= 4 is 5.91 Å². The molecule has 0 radical (unpaired) electrons. The van der Waals surface area contributed by atoms with E-state index in [0.717, 1.165) is 0 Å². The van der Waals surface area contributed by atoms with Crippen LogP contribution in [0.25, 0.3) is 0 Å². The first-order chi connectivity index (χ1) is 9.20. The van der Waals surface area contributed by atoms with E-state index >= 15 is 0 Å². The highest BCUT2D eigenvalue weighted by Crippen LogP contribution is 1.88. The maximum Gasteiger partial charge on any atom is 0.222 e. The molecule has 0 spiro atoms. The maximum absolute atomic E-state index is 10.9. The van der Waals surface area contributed by atoms with Gasteiger partial charge in [-0.3, -0.25) is 4.79 Å². The molecule has 0 rings (SSSR count). The van der Waals surface area contributed by atoms with Crippen LogP contribution in [0.2, 0.25) is 0 Å². The molecule has 0 fully saturated rings. The molecule has 0 heterocycles. The van der Waals surface area contributed by atoms with Crippen molar-refractivity contribution in [2.45, 2.75) is 12.5 Å². The molecule has 1 amide bonds. The van der Waals surface area contributed by atoms with Gasteiger partial charge in [-0.05, 0) is 0 Å². The van der Waals surface area contributed by atoms with Crippen molar-refractivity contribution < 1.29 is 28.8 Å². The lowest BCUT2D eigenvalue weighted by molar-refractivity contribution is -0.121. The zero-order chi connectivity index (χ0) is 14.3. The molecule has 2 N–H and O–H groups in total. The smallest absolute Gasteiger partial charge is 0.222 e. The standard InChI is InChI=1S/C12H25NO6/c1-13-12(15)3-4-17-5-6-18-7-8-19-10-11(14)9-16-2/h11,14H,3-10H2,1-2H3,(H,13,15). The molecule has 1 atom stereocenters. The van der Waals surface area contributed by atoms with Gasteiger partial charge < -0.3 is 29.4 Å². The summed E-state index contributed by atoms with van der Waals surface area (Å²) in [4.78, 5) is 10.9. The van der Waals surface area contributed by atoms with E-state index in [-0.39, 0.29) is 19.1 Å². The van der Waals surface area contributed by atoms with Crippen molar-refractivity contribution in [2.24, 2.45) is 0 Å². The molecule has 7 heteroatoms. The molecule has 0 bridgehead atoms. The van der Waals surface area contributed by atoms with Crippen LogP contribution >= 0.6 is 0 Å². The quantitative estimate of drug-likeness (QED) is 0.428. The van der Waals surface area contributed by atoms with E-state index in [1.807, 2.05) is 0 Å². The van der Waals surface area contributed by atoms with Crippen molar-refractivity contribution in [3.8, 4) is 0 Å². The SMILES string of the molecule is CNC(=O)CCOCCOCCOCC(O)COC. The average Bonchev–Trinajstić information content (AvgIpc) is 2.40. The maximum atomic E-state index is 10.9. The summed E-state index contributed by atoms with van der Waals surface area (Å²) in [6.07, 6.45) is -0.241. The van der Waals surface area contributed by atoms with Crippen LogP contribution in [0, 0.1) is 0 Å². The highest BCUT2D eigenvalue weighted by atomic mass is 16.5. The van der Waals surface area contributed by atoms with Gasteiger partial charge in [-0.15, -0.1) is 0 Å². The molecule has 0 aliphatic carbocycles. The first kappa shape index (κ1) is 18.3. The van der Waals surface area contributed by atoms with Crippen LogP contribution in [-0.4, -0.2) is 77.5 Å². The van der Waals surface area contributed by atoms with Crippen molar-refractivity contribution in [3.63, 3.8) is 0 Å². The van der Waals surface area contributed by atoms with Gasteiger partial charge in [0.1, 0.15) is 6.10 Å². The number of carbonyl (C=O) groups excluding carboxylic acids is 1. The van der Waals surface area contributed by atoms with E-state index in [9.17, 15) is 9.90 Å². The fraction of sp³-hybridized carbons (Fsp3) is 0.917. The second-order valence-electron chi connectivity index (χ2n) is 3.83. The minimum Gasteiger partial charge on any atom is -0.388 e. The number of hydrogen-bond acceptors (Lipinski definition) is 6.